The Bertz CT molecular complexity index is 1980. The zero-order valence-electron chi connectivity index (χ0n) is 36.5. The Morgan fingerprint density at radius 1 is 0.738 bits per heavy atom. The summed E-state index contributed by atoms with van der Waals surface area (Å²) >= 11 is 0. The third kappa shape index (κ3) is 17.7. The Kier molecular flexibility index (Phi) is 21.1. The second kappa shape index (κ2) is 26.1. The van der Waals surface area contributed by atoms with Crippen molar-refractivity contribution in [1.29, 1.82) is 0 Å². The number of nitrogens with one attached hydrogen (secondary N) is 5. The SMILES string of the molecule is CC(C)C[C@H](NC(=O)[C@H](CCCN=C(N)N)NC(=O)[C@H](CO)NC(=O)[C@@H](N)Cc1ccc(O)cc1)C(=O)N[C@@H](Cc1ccccc1)C(=O)N1CCC[C@H]1C(=O)N[C@@H](CCC(=O)O)C(=O)O. The summed E-state index contributed by atoms with van der Waals surface area (Å²) < 4.78 is 0. The molecule has 0 bridgehead atoms. The molecule has 356 valence electrons. The number of hydrogen-bond acceptors (Lipinski definition) is 12. The van der Waals surface area contributed by atoms with Crippen molar-refractivity contribution in [2.75, 3.05) is 19.7 Å². The highest BCUT2D eigenvalue weighted by Gasteiger charge is 2.40. The Balaban J connectivity index is 1.84. The predicted octanol–water partition coefficient (Wildman–Crippen LogP) is -2.04. The van der Waals surface area contributed by atoms with Crippen LogP contribution in [0.25, 0.3) is 0 Å². The van der Waals surface area contributed by atoms with E-state index in [-0.39, 0.29) is 75.7 Å². The van der Waals surface area contributed by atoms with Gasteiger partial charge < -0.3 is 69.1 Å². The molecule has 1 saturated heterocycles. The Labute approximate surface area is 376 Å². The lowest BCUT2D eigenvalue weighted by atomic mass is 10.00. The van der Waals surface area contributed by atoms with Crippen LogP contribution in [0.1, 0.15) is 69.9 Å². The molecule has 1 aliphatic heterocycles. The van der Waals surface area contributed by atoms with Gasteiger partial charge in [-0.2, -0.15) is 0 Å². The van der Waals surface area contributed by atoms with Gasteiger partial charge in [0.15, 0.2) is 5.96 Å². The smallest absolute Gasteiger partial charge is 0.326 e. The fourth-order valence-electron chi connectivity index (χ4n) is 7.09. The number of guanidine groups is 1. The average molecular weight is 911 g/mol. The third-order valence-corrected chi connectivity index (χ3v) is 10.5. The van der Waals surface area contributed by atoms with Gasteiger partial charge in [-0.3, -0.25) is 38.6 Å². The highest BCUT2D eigenvalue weighted by molar-refractivity contribution is 5.97. The molecule has 0 saturated carbocycles. The number of aliphatic hydroxyl groups is 1. The number of aromatic hydroxyl groups is 1. The van der Waals surface area contributed by atoms with Crippen molar-refractivity contribution in [2.45, 2.75) is 114 Å². The van der Waals surface area contributed by atoms with Crippen LogP contribution in [0.4, 0.5) is 0 Å². The summed E-state index contributed by atoms with van der Waals surface area (Å²) in [7, 11) is 0. The first kappa shape index (κ1) is 52.5. The molecule has 22 nitrogen and oxygen atoms in total. The number of nitrogens with zero attached hydrogens (tertiary/aromatic N) is 2. The molecule has 3 rings (SSSR count). The van der Waals surface area contributed by atoms with Gasteiger partial charge in [0.1, 0.15) is 42.0 Å². The second-order valence-electron chi connectivity index (χ2n) is 16.2. The van der Waals surface area contributed by atoms with Gasteiger partial charge >= 0.3 is 11.9 Å². The van der Waals surface area contributed by atoms with Gasteiger partial charge in [-0.1, -0.05) is 56.3 Å². The number of carboxylic acids is 2. The van der Waals surface area contributed by atoms with E-state index in [0.717, 1.165) is 0 Å². The van der Waals surface area contributed by atoms with Crippen LogP contribution in [-0.2, 0) is 51.2 Å². The van der Waals surface area contributed by atoms with Crippen molar-refractivity contribution in [1.82, 2.24) is 31.5 Å². The molecule has 6 amide bonds. The number of rotatable bonds is 26. The van der Waals surface area contributed by atoms with Crippen molar-refractivity contribution in [2.24, 2.45) is 28.1 Å². The van der Waals surface area contributed by atoms with Crippen LogP contribution < -0.4 is 43.8 Å². The van der Waals surface area contributed by atoms with E-state index in [1.54, 1.807) is 56.3 Å². The summed E-state index contributed by atoms with van der Waals surface area (Å²) in [4.78, 5) is 111. The summed E-state index contributed by atoms with van der Waals surface area (Å²) in [6, 6.07) is 5.41. The first-order valence-corrected chi connectivity index (χ1v) is 21.3. The number of aliphatic hydroxyl groups excluding tert-OH is 1. The number of benzene rings is 2. The molecule has 0 spiro atoms. The van der Waals surface area contributed by atoms with Gasteiger partial charge in [0.25, 0.3) is 0 Å². The molecular weight excluding hydrogens is 849 g/mol. The van der Waals surface area contributed by atoms with Crippen LogP contribution in [0.2, 0.25) is 0 Å². The van der Waals surface area contributed by atoms with Gasteiger partial charge in [-0.05, 0) is 74.1 Å². The van der Waals surface area contributed by atoms with E-state index in [1.165, 1.54) is 17.0 Å². The second-order valence-corrected chi connectivity index (χ2v) is 16.2. The number of likely N-dealkylation sites (tertiary alicyclic amines) is 1. The van der Waals surface area contributed by atoms with Gasteiger partial charge in [-0.25, -0.2) is 4.79 Å². The number of carbonyl (C=O) groups excluding carboxylic acids is 6. The molecule has 2 aromatic rings. The standard InChI is InChI=1S/C43H62N10O12/c1-24(2)20-31(50-37(59)29(10-6-18-47-43(45)46)48-39(61)33(23-54)52-36(58)28(44)21-26-12-14-27(55)15-13-26)38(60)51-32(22-25-8-4-3-5-9-25)41(63)53-19-7-11-34(53)40(62)49-30(42(64)65)16-17-35(56)57/h3-5,8-9,12-15,24,28-34,54-55H,6-7,10-11,16-23,44H2,1-2H3,(H,48,61)(H,49,62)(H,50,59)(H,51,60)(H,52,58)(H,56,57)(H,64,65)(H4,45,46,47)/t28-,29-,30-,31-,32-,33-,34-/m0/s1. The Hall–Kier alpha value is -6.81. The van der Waals surface area contributed by atoms with E-state index in [9.17, 15) is 53.7 Å². The van der Waals surface area contributed by atoms with Gasteiger partial charge in [0.05, 0.1) is 12.6 Å². The molecule has 1 aliphatic rings. The van der Waals surface area contributed by atoms with E-state index in [4.69, 9.17) is 22.3 Å². The number of carboxylic acid groups (broad SMARTS) is 2. The maximum atomic E-state index is 14.3. The lowest BCUT2D eigenvalue weighted by Crippen LogP contribution is -2.60. The molecule has 0 unspecified atom stereocenters. The summed E-state index contributed by atoms with van der Waals surface area (Å²) in [5, 5.41) is 51.0. The Morgan fingerprint density at radius 3 is 1.92 bits per heavy atom. The number of amides is 6. The molecule has 0 radical (unpaired) electrons. The molecule has 22 heteroatoms. The highest BCUT2D eigenvalue weighted by atomic mass is 16.4. The summed E-state index contributed by atoms with van der Waals surface area (Å²) in [5.74, 6) is -7.86. The van der Waals surface area contributed by atoms with E-state index in [2.05, 4.69) is 31.6 Å². The van der Waals surface area contributed by atoms with Crippen molar-refractivity contribution in [3.63, 3.8) is 0 Å². The summed E-state index contributed by atoms with van der Waals surface area (Å²) in [6.07, 6.45) is -0.197. The lowest BCUT2D eigenvalue weighted by molar-refractivity contribution is -0.145. The first-order valence-electron chi connectivity index (χ1n) is 21.3. The number of phenolic OH excluding ortho intramolecular Hbond substituents is 1. The fraction of sp³-hybridized carbons (Fsp3) is 0.512. The summed E-state index contributed by atoms with van der Waals surface area (Å²) in [6.45, 7) is 2.87. The zero-order chi connectivity index (χ0) is 48.2. The molecule has 0 aromatic heterocycles. The van der Waals surface area contributed by atoms with Crippen molar-refractivity contribution < 1.29 is 58.8 Å². The third-order valence-electron chi connectivity index (χ3n) is 10.5. The molecule has 2 aromatic carbocycles. The van der Waals surface area contributed by atoms with Crippen LogP contribution in [0, 0.1) is 5.92 Å². The molecular formula is C43H62N10O12. The number of aliphatic imine (C=N–C) groups is 1. The van der Waals surface area contributed by atoms with Crippen LogP contribution in [0.3, 0.4) is 0 Å². The number of aliphatic carboxylic acids is 2. The largest absolute Gasteiger partial charge is 0.508 e. The van der Waals surface area contributed by atoms with E-state index >= 15 is 0 Å². The van der Waals surface area contributed by atoms with E-state index in [0.29, 0.717) is 17.5 Å². The maximum absolute atomic E-state index is 14.3. The van der Waals surface area contributed by atoms with Crippen molar-refractivity contribution >= 4 is 53.3 Å². The van der Waals surface area contributed by atoms with Crippen LogP contribution in [-0.4, -0.2) is 141 Å². The molecule has 15 N–H and O–H groups in total. The van der Waals surface area contributed by atoms with Gasteiger partial charge in [0.2, 0.25) is 35.4 Å². The minimum absolute atomic E-state index is 0.0157. The van der Waals surface area contributed by atoms with E-state index < -0.39 is 103 Å². The van der Waals surface area contributed by atoms with E-state index in [1.807, 2.05) is 0 Å². The molecule has 1 fully saturated rings. The maximum Gasteiger partial charge on any atom is 0.326 e. The Morgan fingerprint density at radius 2 is 1.32 bits per heavy atom. The summed E-state index contributed by atoms with van der Waals surface area (Å²) in [5.41, 5.74) is 18.2. The molecule has 0 aliphatic carbocycles. The van der Waals surface area contributed by atoms with Crippen LogP contribution in [0.5, 0.6) is 5.75 Å². The zero-order valence-corrected chi connectivity index (χ0v) is 36.5. The lowest BCUT2D eigenvalue weighted by Gasteiger charge is -2.31. The molecule has 7 atom stereocenters. The molecule has 1 heterocycles. The monoisotopic (exact) mass is 910 g/mol. The van der Waals surface area contributed by atoms with Crippen LogP contribution in [0.15, 0.2) is 59.6 Å². The minimum Gasteiger partial charge on any atom is -0.508 e. The fourth-order valence-corrected chi connectivity index (χ4v) is 7.09. The van der Waals surface area contributed by atoms with Crippen LogP contribution >= 0.6 is 0 Å². The normalized spacial score (nSPS) is 16.1. The topological polar surface area (TPSA) is 371 Å². The van der Waals surface area contributed by atoms with Crippen molar-refractivity contribution in [3.05, 3.63) is 65.7 Å². The first-order chi connectivity index (χ1) is 30.8. The highest BCUT2D eigenvalue weighted by Crippen LogP contribution is 2.21. The number of nitrogens with two attached hydrogens (primary N) is 3. The van der Waals surface area contributed by atoms with Gasteiger partial charge in [-0.15, -0.1) is 0 Å². The molecule has 65 heavy (non-hydrogen) atoms. The predicted molar refractivity (Wildman–Crippen MR) is 235 cm³/mol. The average Bonchev–Trinajstić information content (AvgIpc) is 3.75. The van der Waals surface area contributed by atoms with Gasteiger partial charge in [0, 0.05) is 25.9 Å². The number of hydrogen-bond donors (Lipinski definition) is 12. The number of phenols is 1. The number of carbonyl (C=O) groups is 8. The quantitative estimate of drug-likeness (QED) is 0.0275. The van der Waals surface area contributed by atoms with Crippen molar-refractivity contribution in [3.8, 4) is 5.75 Å². The minimum atomic E-state index is -1.54.